The zero-order valence-electron chi connectivity index (χ0n) is 19.6. The molecule has 1 N–H and O–H groups in total. The summed E-state index contributed by atoms with van der Waals surface area (Å²) in [6.07, 6.45) is -4.67. The van der Waals surface area contributed by atoms with E-state index >= 15 is 4.39 Å². The van der Waals surface area contributed by atoms with E-state index in [4.69, 9.17) is 0 Å². The average molecular weight is 638 g/mol. The van der Waals surface area contributed by atoms with Crippen LogP contribution in [0.25, 0.3) is 0 Å². The highest BCUT2D eigenvalue weighted by Crippen LogP contribution is 2.52. The minimum atomic E-state index is -4.68. The molecule has 0 spiro atoms. The number of sulfone groups is 1. The fourth-order valence-corrected chi connectivity index (χ4v) is 9.46. The molecule has 1 saturated carbocycles. The molecule has 224 valence electrons. The number of halogens is 5. The Morgan fingerprint density at radius 2 is 1.62 bits per heavy atom. The molecule has 1 aliphatic carbocycles. The van der Waals surface area contributed by atoms with Crippen molar-refractivity contribution in [2.45, 2.75) is 81.0 Å². The van der Waals surface area contributed by atoms with E-state index in [-0.39, 0.29) is 73.9 Å². The fraction of sp³-hybridized carbons (Fsp3) is 0.520. The molecule has 2 aromatic carbocycles. The van der Waals surface area contributed by atoms with E-state index in [9.17, 15) is 34.4 Å². The number of hydrogen-bond acceptors (Lipinski definition) is 4. The van der Waals surface area contributed by atoms with Gasteiger partial charge < -0.3 is 0 Å². The van der Waals surface area contributed by atoms with Crippen LogP contribution in [0.3, 0.4) is 0 Å². The molecule has 2 fully saturated rings. The van der Waals surface area contributed by atoms with Crippen LogP contribution in [0.15, 0.2) is 47.4 Å². The third-order valence-electron chi connectivity index (χ3n) is 7.22. The number of benzene rings is 2. The Kier molecular flexibility index (Phi) is 12.6. The summed E-state index contributed by atoms with van der Waals surface area (Å²) in [5.41, 5.74) is -1.45. The smallest absolute Gasteiger partial charge is 0.223 e. The number of rotatable bonds is 4. The first-order chi connectivity index (χ1) is 16.2. The predicted octanol–water partition coefficient (Wildman–Crippen LogP) is 6.42. The molecule has 14 heteroatoms. The molecule has 39 heavy (non-hydrogen) atoms. The van der Waals surface area contributed by atoms with Crippen molar-refractivity contribution in [3.8, 4) is 0 Å². The molecule has 0 radical (unpaired) electrons. The Balaban J connectivity index is 0.00000361. The standard InChI is InChI=1S/C23H24F5NO4S2.2CH4.2H2S/c1-2-17-11-14-13-22(10-9-21(14)29-35(17,32)33,19-12-16(24)5-8-20(19)25)34(30,31)18-6-3-15(4-7-18)23(26,27)28;;;;/h3-8,12,14,17,21,29H,2,9-11,13H2,1H3;2*1H4;2*1H2/t14-,17+,21+,22-;;;;/m0..../s1. The van der Waals surface area contributed by atoms with Crippen LogP contribution in [0.2, 0.25) is 0 Å². The number of alkyl halides is 3. The van der Waals surface area contributed by atoms with E-state index in [0.717, 1.165) is 30.3 Å². The van der Waals surface area contributed by atoms with Gasteiger partial charge in [0.2, 0.25) is 10.0 Å². The molecule has 2 aliphatic rings. The zero-order valence-corrected chi connectivity index (χ0v) is 23.3. The number of nitrogens with one attached hydrogen (secondary N) is 1. The van der Waals surface area contributed by atoms with Gasteiger partial charge in [0.15, 0.2) is 9.84 Å². The van der Waals surface area contributed by atoms with Crippen molar-refractivity contribution >= 4 is 46.9 Å². The Bertz CT molecular complexity index is 1340. The van der Waals surface area contributed by atoms with Gasteiger partial charge in [-0.2, -0.15) is 40.2 Å². The predicted molar refractivity (Wildman–Crippen MR) is 153 cm³/mol. The highest BCUT2D eigenvalue weighted by atomic mass is 32.2. The van der Waals surface area contributed by atoms with Crippen LogP contribution >= 0.6 is 27.0 Å². The lowest BCUT2D eigenvalue weighted by atomic mass is 9.72. The summed E-state index contributed by atoms with van der Waals surface area (Å²) in [5.74, 6) is -2.31. The topological polar surface area (TPSA) is 80.3 Å². The first kappa shape index (κ1) is 37.6. The Morgan fingerprint density at radius 1 is 1.03 bits per heavy atom. The van der Waals surface area contributed by atoms with Gasteiger partial charge in [0.1, 0.15) is 16.4 Å². The van der Waals surface area contributed by atoms with Gasteiger partial charge in [-0.1, -0.05) is 21.8 Å². The van der Waals surface area contributed by atoms with Crippen LogP contribution in [0.5, 0.6) is 0 Å². The minimum Gasteiger partial charge on any atom is -0.223 e. The third kappa shape index (κ3) is 6.77. The lowest BCUT2D eigenvalue weighted by molar-refractivity contribution is -0.137. The average Bonchev–Trinajstić information content (AvgIpc) is 2.79. The first-order valence-corrected chi connectivity index (χ1v) is 14.1. The lowest BCUT2D eigenvalue weighted by Gasteiger charge is -2.47. The van der Waals surface area contributed by atoms with E-state index in [1.165, 1.54) is 0 Å². The van der Waals surface area contributed by atoms with E-state index in [1.807, 2.05) is 0 Å². The van der Waals surface area contributed by atoms with Crippen LogP contribution in [0.1, 0.15) is 65.0 Å². The maximum absolute atomic E-state index is 15.1. The Morgan fingerprint density at radius 3 is 2.15 bits per heavy atom. The molecular formula is C25H36F5NO4S4. The highest BCUT2D eigenvalue weighted by Gasteiger charge is 2.55. The van der Waals surface area contributed by atoms with Gasteiger partial charge in [0.25, 0.3) is 0 Å². The van der Waals surface area contributed by atoms with Crippen molar-refractivity contribution in [3.05, 3.63) is 65.2 Å². The Labute approximate surface area is 241 Å². The van der Waals surface area contributed by atoms with Crippen molar-refractivity contribution in [2.75, 3.05) is 0 Å². The molecule has 1 heterocycles. The molecule has 0 bridgehead atoms. The maximum atomic E-state index is 15.1. The molecule has 4 atom stereocenters. The molecule has 5 nitrogen and oxygen atoms in total. The largest absolute Gasteiger partial charge is 0.416 e. The minimum absolute atomic E-state index is 0. The van der Waals surface area contributed by atoms with Crippen LogP contribution in [-0.4, -0.2) is 28.1 Å². The van der Waals surface area contributed by atoms with E-state index in [0.29, 0.717) is 12.1 Å². The summed E-state index contributed by atoms with van der Waals surface area (Å²) in [7, 11) is -8.14. The van der Waals surface area contributed by atoms with Gasteiger partial charge >= 0.3 is 6.18 Å². The molecule has 1 saturated heterocycles. The highest BCUT2D eigenvalue weighted by molar-refractivity contribution is 7.92. The van der Waals surface area contributed by atoms with Crippen molar-refractivity contribution in [1.29, 1.82) is 0 Å². The SMILES string of the molecule is C.C.CC[C@@H]1C[C@H]2C[C@@](c3cc(F)ccc3F)(S(=O)(=O)c3ccc(C(F)(F)F)cc3)CC[C@H]2NS1(=O)=O.S.S. The summed E-state index contributed by atoms with van der Waals surface area (Å²) in [5, 5.41) is -0.773. The lowest BCUT2D eigenvalue weighted by Crippen LogP contribution is -2.57. The summed E-state index contributed by atoms with van der Waals surface area (Å²) < 4.78 is 122. The van der Waals surface area contributed by atoms with Gasteiger partial charge in [0.05, 0.1) is 15.7 Å². The second-order valence-corrected chi connectivity index (χ2v) is 13.4. The molecular weight excluding hydrogens is 602 g/mol. The number of fused-ring (bicyclic) bond motifs is 1. The van der Waals surface area contributed by atoms with Crippen LogP contribution in [0, 0.1) is 17.6 Å². The van der Waals surface area contributed by atoms with E-state index in [1.54, 1.807) is 6.92 Å². The van der Waals surface area contributed by atoms with Gasteiger partial charge in [0, 0.05) is 11.6 Å². The van der Waals surface area contributed by atoms with Crippen molar-refractivity contribution in [2.24, 2.45) is 5.92 Å². The second kappa shape index (κ2) is 13.1. The molecule has 0 unspecified atom stereocenters. The fourth-order valence-electron chi connectivity index (χ4n) is 5.38. The summed E-state index contributed by atoms with van der Waals surface area (Å²) in [4.78, 5) is -0.448. The molecule has 4 rings (SSSR count). The van der Waals surface area contributed by atoms with E-state index < -0.39 is 75.7 Å². The monoisotopic (exact) mass is 637 g/mol. The zero-order chi connectivity index (χ0) is 25.8. The van der Waals surface area contributed by atoms with Crippen LogP contribution in [0.4, 0.5) is 22.0 Å². The maximum Gasteiger partial charge on any atom is 0.416 e. The normalized spacial score (nSPS) is 25.9. The van der Waals surface area contributed by atoms with Crippen LogP contribution < -0.4 is 4.72 Å². The number of sulfonamides is 1. The molecule has 0 amide bonds. The third-order valence-corrected chi connectivity index (χ3v) is 11.8. The Hall–Kier alpha value is -1.35. The van der Waals surface area contributed by atoms with Crippen molar-refractivity contribution in [1.82, 2.24) is 4.72 Å². The van der Waals surface area contributed by atoms with Gasteiger partial charge in [-0.25, -0.2) is 30.3 Å². The second-order valence-electron chi connectivity index (χ2n) is 9.18. The van der Waals surface area contributed by atoms with E-state index in [2.05, 4.69) is 4.72 Å². The van der Waals surface area contributed by atoms with Crippen LogP contribution in [-0.2, 0) is 30.8 Å². The first-order valence-electron chi connectivity index (χ1n) is 11.1. The molecule has 2 aromatic rings. The number of hydrogen-bond donors (Lipinski definition) is 1. The summed E-state index contributed by atoms with van der Waals surface area (Å²) >= 11 is 0. The molecule has 0 aromatic heterocycles. The van der Waals surface area contributed by atoms with Gasteiger partial charge in [-0.05, 0) is 80.5 Å². The van der Waals surface area contributed by atoms with Crippen molar-refractivity contribution < 1.29 is 38.8 Å². The quantitative estimate of drug-likeness (QED) is 0.393. The summed E-state index contributed by atoms with van der Waals surface area (Å²) in [6, 6.07) is 4.82. The van der Waals surface area contributed by atoms with Gasteiger partial charge in [-0.3, -0.25) is 0 Å². The molecule has 1 aliphatic heterocycles. The summed E-state index contributed by atoms with van der Waals surface area (Å²) in [6.45, 7) is 1.69. The van der Waals surface area contributed by atoms with Crippen molar-refractivity contribution in [3.63, 3.8) is 0 Å². The van der Waals surface area contributed by atoms with Gasteiger partial charge in [-0.15, -0.1) is 0 Å².